The first-order valence-corrected chi connectivity index (χ1v) is 7.84. The molecule has 1 amide bonds. The lowest BCUT2D eigenvalue weighted by atomic mass is 10.0. The van der Waals surface area contributed by atoms with Crippen molar-refractivity contribution in [3.05, 3.63) is 96.8 Å². The molecule has 4 aromatic rings. The smallest absolute Gasteiger partial charge is 0.256 e. The highest BCUT2D eigenvalue weighted by Crippen LogP contribution is 2.23. The molecule has 0 unspecified atom stereocenters. The second-order valence-corrected chi connectivity index (χ2v) is 5.59. The van der Waals surface area contributed by atoms with Crippen LogP contribution in [0.5, 0.6) is 0 Å². The Labute approximate surface area is 140 Å². The number of rotatable bonds is 3. The van der Waals surface area contributed by atoms with E-state index in [4.69, 9.17) is 0 Å². The van der Waals surface area contributed by atoms with Crippen LogP contribution in [0.2, 0.25) is 0 Å². The third-order valence-electron chi connectivity index (χ3n) is 4.07. The highest BCUT2D eigenvalue weighted by Gasteiger charge is 2.12. The summed E-state index contributed by atoms with van der Waals surface area (Å²) in [6.07, 6.45) is 3.92. The molecule has 1 N–H and O–H groups in total. The van der Waals surface area contributed by atoms with Gasteiger partial charge in [-0.25, -0.2) is 0 Å². The summed E-state index contributed by atoms with van der Waals surface area (Å²) in [6, 6.07) is 25.4. The topological polar surface area (TPSA) is 34.0 Å². The van der Waals surface area contributed by atoms with E-state index in [0.29, 0.717) is 5.56 Å². The van der Waals surface area contributed by atoms with Gasteiger partial charge < -0.3 is 9.88 Å². The van der Waals surface area contributed by atoms with Crippen LogP contribution < -0.4 is 5.32 Å². The molecule has 0 aliphatic carbocycles. The Hall–Kier alpha value is -3.33. The number of fused-ring (bicyclic) bond motifs is 1. The summed E-state index contributed by atoms with van der Waals surface area (Å²) in [5, 5.41) is 5.06. The Bertz CT molecular complexity index is 998. The summed E-state index contributed by atoms with van der Waals surface area (Å²) in [5.41, 5.74) is 2.40. The maximum absolute atomic E-state index is 12.8. The molecule has 116 valence electrons. The fourth-order valence-corrected chi connectivity index (χ4v) is 2.91. The number of hydrogen-bond acceptors (Lipinski definition) is 1. The van der Waals surface area contributed by atoms with E-state index >= 15 is 0 Å². The summed E-state index contributed by atoms with van der Waals surface area (Å²) in [5.74, 6) is -0.105. The molecule has 0 fully saturated rings. The number of benzene rings is 3. The van der Waals surface area contributed by atoms with Crippen molar-refractivity contribution in [3.8, 4) is 5.69 Å². The molecule has 0 atom stereocenters. The van der Waals surface area contributed by atoms with Crippen molar-refractivity contribution in [2.24, 2.45) is 0 Å². The molecule has 4 rings (SSSR count). The number of nitrogens with one attached hydrogen (secondary N) is 1. The first-order valence-electron chi connectivity index (χ1n) is 7.84. The maximum atomic E-state index is 12.8. The molecule has 0 spiro atoms. The predicted molar refractivity (Wildman–Crippen MR) is 97.7 cm³/mol. The predicted octanol–water partition coefficient (Wildman–Crippen LogP) is 4.88. The molecule has 1 heterocycles. The monoisotopic (exact) mass is 312 g/mol. The average Bonchev–Trinajstić information content (AvgIpc) is 3.16. The molecule has 3 heteroatoms. The Balaban J connectivity index is 1.73. The van der Waals surface area contributed by atoms with E-state index in [1.165, 1.54) is 0 Å². The van der Waals surface area contributed by atoms with Gasteiger partial charge in [-0.15, -0.1) is 0 Å². The van der Waals surface area contributed by atoms with Crippen LogP contribution in [0, 0.1) is 0 Å². The molecule has 0 bridgehead atoms. The van der Waals surface area contributed by atoms with Gasteiger partial charge in [-0.05, 0) is 41.1 Å². The Morgan fingerprint density at radius 2 is 1.46 bits per heavy atom. The lowest BCUT2D eigenvalue weighted by Crippen LogP contribution is -2.14. The zero-order valence-electron chi connectivity index (χ0n) is 13.0. The third-order valence-corrected chi connectivity index (χ3v) is 4.07. The largest absolute Gasteiger partial charge is 0.322 e. The van der Waals surface area contributed by atoms with Crippen LogP contribution in [0.25, 0.3) is 16.5 Å². The highest BCUT2D eigenvalue weighted by atomic mass is 16.1. The van der Waals surface area contributed by atoms with Crippen molar-refractivity contribution in [1.82, 2.24) is 4.57 Å². The van der Waals surface area contributed by atoms with Crippen LogP contribution in [-0.2, 0) is 0 Å². The highest BCUT2D eigenvalue weighted by molar-refractivity contribution is 6.13. The van der Waals surface area contributed by atoms with Gasteiger partial charge in [0, 0.05) is 18.0 Å². The van der Waals surface area contributed by atoms with Crippen LogP contribution in [0.15, 0.2) is 91.3 Å². The van der Waals surface area contributed by atoms with Gasteiger partial charge in [0.25, 0.3) is 5.91 Å². The SMILES string of the molecule is O=C(Nc1ccccc1-n1cccc1)c1cccc2ccccc12. The fraction of sp³-hybridized carbons (Fsp3) is 0. The quantitative estimate of drug-likeness (QED) is 0.574. The van der Waals surface area contributed by atoms with E-state index in [9.17, 15) is 4.79 Å². The van der Waals surface area contributed by atoms with E-state index in [1.807, 2.05) is 95.8 Å². The second-order valence-electron chi connectivity index (χ2n) is 5.59. The van der Waals surface area contributed by atoms with Gasteiger partial charge in [0.1, 0.15) is 0 Å². The van der Waals surface area contributed by atoms with Gasteiger partial charge in [-0.1, -0.05) is 48.5 Å². The molecule has 0 radical (unpaired) electrons. The summed E-state index contributed by atoms with van der Waals surface area (Å²) in [4.78, 5) is 12.8. The van der Waals surface area contributed by atoms with Crippen LogP contribution in [-0.4, -0.2) is 10.5 Å². The molecule has 0 saturated carbocycles. The number of hydrogen-bond donors (Lipinski definition) is 1. The number of carbonyl (C=O) groups is 1. The van der Waals surface area contributed by atoms with Crippen LogP contribution in [0.4, 0.5) is 5.69 Å². The lowest BCUT2D eigenvalue weighted by Gasteiger charge is -2.13. The number of amides is 1. The second kappa shape index (κ2) is 6.05. The van der Waals surface area contributed by atoms with Gasteiger partial charge in [0.05, 0.1) is 11.4 Å². The molecule has 0 aliphatic heterocycles. The van der Waals surface area contributed by atoms with E-state index in [0.717, 1.165) is 22.1 Å². The number of para-hydroxylation sites is 2. The lowest BCUT2D eigenvalue weighted by molar-refractivity contribution is 0.102. The van der Waals surface area contributed by atoms with Gasteiger partial charge in [0.15, 0.2) is 0 Å². The Morgan fingerprint density at radius 3 is 2.33 bits per heavy atom. The first kappa shape index (κ1) is 14.3. The first-order chi connectivity index (χ1) is 11.8. The maximum Gasteiger partial charge on any atom is 0.256 e. The Morgan fingerprint density at radius 1 is 0.750 bits per heavy atom. The van der Waals surface area contributed by atoms with Gasteiger partial charge in [0.2, 0.25) is 0 Å². The normalized spacial score (nSPS) is 10.7. The molecular weight excluding hydrogens is 296 g/mol. The zero-order valence-corrected chi connectivity index (χ0v) is 13.0. The standard InChI is InChI=1S/C21H16N2O/c24-21(18-11-7-9-16-8-1-2-10-17(16)18)22-19-12-3-4-13-20(19)23-14-5-6-15-23/h1-15H,(H,22,24). The van der Waals surface area contributed by atoms with Gasteiger partial charge >= 0.3 is 0 Å². The van der Waals surface area contributed by atoms with Crippen molar-refractivity contribution in [1.29, 1.82) is 0 Å². The average molecular weight is 312 g/mol. The summed E-state index contributed by atoms with van der Waals surface area (Å²) in [6.45, 7) is 0. The third kappa shape index (κ3) is 2.57. The summed E-state index contributed by atoms with van der Waals surface area (Å²) in [7, 11) is 0. The Kier molecular flexibility index (Phi) is 3.60. The molecule has 1 aromatic heterocycles. The van der Waals surface area contributed by atoms with Crippen molar-refractivity contribution >= 4 is 22.4 Å². The van der Waals surface area contributed by atoms with Crippen molar-refractivity contribution in [3.63, 3.8) is 0 Å². The fourth-order valence-electron chi connectivity index (χ4n) is 2.91. The molecule has 3 aromatic carbocycles. The van der Waals surface area contributed by atoms with E-state index in [1.54, 1.807) is 0 Å². The van der Waals surface area contributed by atoms with Crippen LogP contribution in [0.3, 0.4) is 0 Å². The molecule has 24 heavy (non-hydrogen) atoms. The molecule has 3 nitrogen and oxygen atoms in total. The minimum absolute atomic E-state index is 0.105. The van der Waals surface area contributed by atoms with Gasteiger partial charge in [-0.3, -0.25) is 4.79 Å². The zero-order chi connectivity index (χ0) is 16.4. The summed E-state index contributed by atoms with van der Waals surface area (Å²) >= 11 is 0. The minimum Gasteiger partial charge on any atom is -0.322 e. The van der Waals surface area contributed by atoms with E-state index < -0.39 is 0 Å². The molecule has 0 aliphatic rings. The molecule has 0 saturated heterocycles. The number of aromatic nitrogens is 1. The van der Waals surface area contributed by atoms with Crippen LogP contribution in [0.1, 0.15) is 10.4 Å². The van der Waals surface area contributed by atoms with Gasteiger partial charge in [-0.2, -0.15) is 0 Å². The molecular formula is C21H16N2O. The number of nitrogens with zero attached hydrogens (tertiary/aromatic N) is 1. The van der Waals surface area contributed by atoms with Crippen molar-refractivity contribution in [2.45, 2.75) is 0 Å². The van der Waals surface area contributed by atoms with Crippen molar-refractivity contribution in [2.75, 3.05) is 5.32 Å². The number of carbonyl (C=O) groups excluding carboxylic acids is 1. The minimum atomic E-state index is -0.105. The van der Waals surface area contributed by atoms with Crippen molar-refractivity contribution < 1.29 is 4.79 Å². The summed E-state index contributed by atoms with van der Waals surface area (Å²) < 4.78 is 1.98. The van der Waals surface area contributed by atoms with E-state index in [2.05, 4.69) is 5.32 Å². The number of anilines is 1. The van der Waals surface area contributed by atoms with Crippen LogP contribution >= 0.6 is 0 Å². The van der Waals surface area contributed by atoms with E-state index in [-0.39, 0.29) is 5.91 Å².